The van der Waals surface area contributed by atoms with E-state index in [1.807, 2.05) is 26.8 Å². The van der Waals surface area contributed by atoms with E-state index in [0.29, 0.717) is 48.9 Å². The molecule has 4 rings (SSSR count). The zero-order valence-corrected chi connectivity index (χ0v) is 20.4. The molecular weight excluding hydrogens is 456 g/mol. The number of likely N-dealkylation sites (tertiary alicyclic amines) is 1. The Bertz CT molecular complexity index is 1180. The van der Waals surface area contributed by atoms with Gasteiger partial charge in [0.15, 0.2) is 5.60 Å². The van der Waals surface area contributed by atoms with E-state index in [9.17, 15) is 13.2 Å². The van der Waals surface area contributed by atoms with Crippen molar-refractivity contribution in [2.75, 3.05) is 24.5 Å². The molecule has 0 radical (unpaired) electrons. The summed E-state index contributed by atoms with van der Waals surface area (Å²) in [6.45, 7) is 7.06. The van der Waals surface area contributed by atoms with Crippen LogP contribution in [0, 0.1) is 0 Å². The topological polar surface area (TPSA) is 94.2 Å². The molecule has 1 saturated heterocycles. The maximum atomic E-state index is 12.8. The first kappa shape index (κ1) is 24.3. The molecule has 2 aromatic rings. The lowest BCUT2D eigenvalue weighted by Gasteiger charge is -2.40. The highest BCUT2D eigenvalue weighted by Crippen LogP contribution is 2.42. The van der Waals surface area contributed by atoms with Gasteiger partial charge in [-0.1, -0.05) is 18.2 Å². The number of nitrogens with one attached hydrogen (secondary N) is 1. The van der Waals surface area contributed by atoms with Gasteiger partial charge in [-0.15, -0.1) is 0 Å². The summed E-state index contributed by atoms with van der Waals surface area (Å²) in [5, 5.41) is 0. The second-order valence-electron chi connectivity index (χ2n) is 8.34. The van der Waals surface area contributed by atoms with Crippen LogP contribution in [0.5, 0.6) is 5.75 Å². The maximum absolute atomic E-state index is 12.8. The summed E-state index contributed by atoms with van der Waals surface area (Å²) in [6, 6.07) is 13.2. The number of carbonyl (C=O) groups excluding carboxylic acids is 1. The van der Waals surface area contributed by atoms with Gasteiger partial charge in [-0.05, 0) is 63.6 Å². The molecule has 1 amide bonds. The van der Waals surface area contributed by atoms with Gasteiger partial charge in [-0.25, -0.2) is 8.42 Å². The average molecular weight is 487 g/mol. The molecule has 2 aliphatic heterocycles. The Morgan fingerprint density at radius 1 is 1.12 bits per heavy atom. The Morgan fingerprint density at radius 2 is 1.82 bits per heavy atom. The van der Waals surface area contributed by atoms with Crippen molar-refractivity contribution in [3.05, 3.63) is 60.2 Å². The van der Waals surface area contributed by atoms with E-state index in [4.69, 9.17) is 14.2 Å². The highest BCUT2D eigenvalue weighted by Gasteiger charge is 2.42. The number of benzene rings is 2. The van der Waals surface area contributed by atoms with Gasteiger partial charge in [0.1, 0.15) is 5.75 Å². The number of hydrogen-bond donors (Lipinski definition) is 1. The fourth-order valence-electron chi connectivity index (χ4n) is 4.24. The minimum atomic E-state index is -3.77. The molecule has 0 aliphatic carbocycles. The molecule has 1 atom stereocenters. The van der Waals surface area contributed by atoms with Crippen LogP contribution in [0.15, 0.2) is 59.5 Å². The van der Waals surface area contributed by atoms with Crippen molar-refractivity contribution in [2.24, 2.45) is 0 Å². The first-order valence-electron chi connectivity index (χ1n) is 11.4. The Kier molecular flexibility index (Phi) is 6.97. The molecular formula is C25H30N2O6S. The molecule has 0 spiro atoms. The van der Waals surface area contributed by atoms with E-state index in [0.717, 1.165) is 6.42 Å². The van der Waals surface area contributed by atoms with Crippen LogP contribution in [-0.2, 0) is 24.3 Å². The summed E-state index contributed by atoms with van der Waals surface area (Å²) in [5.41, 5.74) is 0.685. The molecule has 0 saturated carbocycles. The first-order valence-corrected chi connectivity index (χ1v) is 12.9. The SMILES string of the molecule is CCOC(OCC)C1(C)C=C(N2CCCC2=O)c2cc(NS(=O)(=O)c3ccccc3)ccc2O1. The number of carbonyl (C=O) groups is 1. The lowest BCUT2D eigenvalue weighted by atomic mass is 9.95. The second kappa shape index (κ2) is 9.77. The van der Waals surface area contributed by atoms with Crippen molar-refractivity contribution in [3.63, 3.8) is 0 Å². The smallest absolute Gasteiger partial charge is 0.261 e. The normalized spacial score (nSPS) is 20.2. The van der Waals surface area contributed by atoms with E-state index in [1.165, 1.54) is 12.1 Å². The van der Waals surface area contributed by atoms with Crippen LogP contribution in [0.25, 0.3) is 5.70 Å². The number of fused-ring (bicyclic) bond motifs is 1. The standard InChI is InChI=1S/C25H30N2O6S/c1-4-31-24(32-5-2)25(3)17-21(27-15-9-12-23(27)28)20-16-18(13-14-22(20)33-25)26-34(29,30)19-10-7-6-8-11-19/h6-8,10-11,13-14,16-17,24,26H,4-5,9,12,15H2,1-3H3. The Balaban J connectivity index is 1.75. The molecule has 9 heteroatoms. The zero-order chi connectivity index (χ0) is 24.3. The molecule has 0 bridgehead atoms. The molecule has 1 N–H and O–H groups in total. The van der Waals surface area contributed by atoms with E-state index < -0.39 is 21.9 Å². The summed E-state index contributed by atoms with van der Waals surface area (Å²) in [4.78, 5) is 14.6. The van der Waals surface area contributed by atoms with Gasteiger partial charge in [0, 0.05) is 37.4 Å². The van der Waals surface area contributed by atoms with Crippen molar-refractivity contribution in [1.82, 2.24) is 4.90 Å². The van der Waals surface area contributed by atoms with Crippen LogP contribution in [0.4, 0.5) is 5.69 Å². The van der Waals surface area contributed by atoms with Crippen LogP contribution in [0.2, 0.25) is 0 Å². The Labute approximate surface area is 200 Å². The largest absolute Gasteiger partial charge is 0.477 e. The van der Waals surface area contributed by atoms with E-state index in [1.54, 1.807) is 41.3 Å². The van der Waals surface area contributed by atoms with Crippen LogP contribution < -0.4 is 9.46 Å². The van der Waals surface area contributed by atoms with E-state index in [-0.39, 0.29) is 10.8 Å². The molecule has 8 nitrogen and oxygen atoms in total. The predicted molar refractivity (Wildman–Crippen MR) is 129 cm³/mol. The van der Waals surface area contributed by atoms with E-state index in [2.05, 4.69) is 4.72 Å². The number of anilines is 1. The third-order valence-corrected chi connectivity index (χ3v) is 7.18. The third-order valence-electron chi connectivity index (χ3n) is 5.78. The summed E-state index contributed by atoms with van der Waals surface area (Å²) in [5.74, 6) is 0.535. The lowest BCUT2D eigenvalue weighted by molar-refractivity contribution is -0.204. The monoisotopic (exact) mass is 486 g/mol. The Hall–Kier alpha value is -2.88. The molecule has 2 heterocycles. The van der Waals surface area contributed by atoms with Gasteiger partial charge < -0.3 is 19.1 Å². The van der Waals surface area contributed by atoms with Crippen molar-refractivity contribution in [1.29, 1.82) is 0 Å². The van der Waals surface area contributed by atoms with Crippen molar-refractivity contribution in [2.45, 2.75) is 50.4 Å². The van der Waals surface area contributed by atoms with Gasteiger partial charge in [0.2, 0.25) is 12.2 Å². The van der Waals surface area contributed by atoms with Gasteiger partial charge in [0.05, 0.1) is 10.6 Å². The minimum Gasteiger partial charge on any atom is -0.477 e. The Morgan fingerprint density at radius 3 is 2.44 bits per heavy atom. The fraction of sp³-hybridized carbons (Fsp3) is 0.400. The molecule has 34 heavy (non-hydrogen) atoms. The third kappa shape index (κ3) is 4.82. The highest BCUT2D eigenvalue weighted by atomic mass is 32.2. The molecule has 2 aromatic carbocycles. The summed E-state index contributed by atoms with van der Waals surface area (Å²) in [6.07, 6.45) is 2.39. The maximum Gasteiger partial charge on any atom is 0.261 e. The number of sulfonamides is 1. The van der Waals surface area contributed by atoms with Gasteiger partial charge in [-0.2, -0.15) is 0 Å². The second-order valence-corrected chi connectivity index (χ2v) is 10.0. The number of amides is 1. The minimum absolute atomic E-state index is 0.0149. The van der Waals surface area contributed by atoms with Crippen LogP contribution in [0.1, 0.15) is 39.2 Å². The number of ether oxygens (including phenoxy) is 3. The summed E-state index contributed by atoms with van der Waals surface area (Å²) in [7, 11) is -3.77. The zero-order valence-electron chi connectivity index (χ0n) is 19.6. The number of hydrogen-bond acceptors (Lipinski definition) is 6. The first-order chi connectivity index (χ1) is 16.3. The molecule has 1 fully saturated rings. The van der Waals surface area contributed by atoms with E-state index >= 15 is 0 Å². The number of rotatable bonds is 9. The summed E-state index contributed by atoms with van der Waals surface area (Å²) >= 11 is 0. The fourth-order valence-corrected chi connectivity index (χ4v) is 5.31. The van der Waals surface area contributed by atoms with Crippen LogP contribution in [0.3, 0.4) is 0 Å². The van der Waals surface area contributed by atoms with Gasteiger partial charge >= 0.3 is 0 Å². The van der Waals surface area contributed by atoms with Gasteiger partial charge in [0.25, 0.3) is 10.0 Å². The quantitative estimate of drug-likeness (QED) is 0.539. The molecule has 0 aromatic heterocycles. The van der Waals surface area contributed by atoms with Gasteiger partial charge in [-0.3, -0.25) is 9.52 Å². The van der Waals surface area contributed by atoms with Crippen LogP contribution >= 0.6 is 0 Å². The lowest BCUT2D eigenvalue weighted by Crippen LogP contribution is -2.49. The molecule has 1 unspecified atom stereocenters. The van der Waals surface area contributed by atoms with Crippen molar-refractivity contribution in [3.8, 4) is 5.75 Å². The average Bonchev–Trinajstić information content (AvgIpc) is 3.25. The molecule has 2 aliphatic rings. The van der Waals surface area contributed by atoms with Crippen molar-refractivity contribution >= 4 is 27.3 Å². The summed E-state index contributed by atoms with van der Waals surface area (Å²) < 4.78 is 46.3. The van der Waals surface area contributed by atoms with Crippen LogP contribution in [-0.4, -0.2) is 50.9 Å². The predicted octanol–water partition coefficient (Wildman–Crippen LogP) is 4.00. The highest BCUT2D eigenvalue weighted by molar-refractivity contribution is 7.92. The number of nitrogens with zero attached hydrogens (tertiary/aromatic N) is 1. The van der Waals surface area contributed by atoms with Crippen molar-refractivity contribution < 1.29 is 27.4 Å². The molecule has 182 valence electrons.